The van der Waals surface area contributed by atoms with Gasteiger partial charge < -0.3 is 5.11 Å². The van der Waals surface area contributed by atoms with Gasteiger partial charge in [-0.15, -0.1) is 0 Å². The van der Waals surface area contributed by atoms with E-state index in [1.165, 1.54) is 0 Å². The zero-order valence-corrected chi connectivity index (χ0v) is 12.7. The molecule has 9 nitrogen and oxygen atoms in total. The molecule has 0 amide bonds. The van der Waals surface area contributed by atoms with Crippen LogP contribution in [0.15, 0.2) is 0 Å². The molecule has 118 valence electrons. The topological polar surface area (TPSA) is 133 Å². The Morgan fingerprint density at radius 3 is 2.35 bits per heavy atom. The van der Waals surface area contributed by atoms with E-state index in [0.29, 0.717) is 12.8 Å². The minimum absolute atomic E-state index is 0.0936. The van der Waals surface area contributed by atoms with E-state index in [1.807, 2.05) is 0 Å². The van der Waals surface area contributed by atoms with Gasteiger partial charge in [-0.1, -0.05) is 0 Å². The van der Waals surface area contributed by atoms with E-state index in [2.05, 4.69) is 9.44 Å². The van der Waals surface area contributed by atoms with Crippen molar-refractivity contribution >= 4 is 26.2 Å². The molecule has 1 rings (SSSR count). The van der Waals surface area contributed by atoms with Crippen molar-refractivity contribution in [3.63, 3.8) is 0 Å². The highest BCUT2D eigenvalue weighted by Gasteiger charge is 2.36. The van der Waals surface area contributed by atoms with Crippen LogP contribution in [-0.2, 0) is 25.0 Å². The second-order valence-corrected chi connectivity index (χ2v) is 8.07. The van der Waals surface area contributed by atoms with E-state index in [9.17, 15) is 21.6 Å². The minimum Gasteiger partial charge on any atom is -0.480 e. The molecular formula is C9H19N3O6S2. The average Bonchev–Trinajstić information content (AvgIpc) is 2.33. The van der Waals surface area contributed by atoms with Crippen molar-refractivity contribution in [1.29, 1.82) is 0 Å². The molecule has 0 aromatic carbocycles. The third-order valence-corrected chi connectivity index (χ3v) is 5.17. The van der Waals surface area contributed by atoms with Crippen molar-refractivity contribution in [2.24, 2.45) is 0 Å². The van der Waals surface area contributed by atoms with Crippen LogP contribution in [0.25, 0.3) is 0 Å². The molecular weight excluding hydrogens is 310 g/mol. The van der Waals surface area contributed by atoms with Crippen LogP contribution in [0, 0.1) is 0 Å². The minimum atomic E-state index is -3.93. The second kappa shape index (κ2) is 6.80. The lowest BCUT2D eigenvalue weighted by molar-refractivity contribution is -0.142. The summed E-state index contributed by atoms with van der Waals surface area (Å²) in [4.78, 5) is 11.0. The molecule has 0 aliphatic carbocycles. The number of carbonyl (C=O) groups is 1. The number of aliphatic carboxylic acids is 1. The van der Waals surface area contributed by atoms with Crippen LogP contribution in [0.1, 0.15) is 19.3 Å². The van der Waals surface area contributed by atoms with Crippen molar-refractivity contribution in [2.45, 2.75) is 25.3 Å². The van der Waals surface area contributed by atoms with Crippen molar-refractivity contribution in [2.75, 3.05) is 25.9 Å². The standard InChI is InChI=1S/C9H19N3O6S2/c1-19(15,16)10-5-6-11-20(17,18)12-7-3-2-4-8(12)9(13)14/h8,10-11H,2-7H2,1H3,(H,13,14). The third-order valence-electron chi connectivity index (χ3n) is 2.82. The molecule has 1 atom stereocenters. The van der Waals surface area contributed by atoms with Crippen LogP contribution in [0.4, 0.5) is 0 Å². The highest BCUT2D eigenvalue weighted by Crippen LogP contribution is 2.19. The summed E-state index contributed by atoms with van der Waals surface area (Å²) in [5.74, 6) is -1.18. The number of rotatable bonds is 7. The highest BCUT2D eigenvalue weighted by molar-refractivity contribution is 7.88. The van der Waals surface area contributed by atoms with Gasteiger partial charge in [0.05, 0.1) is 6.26 Å². The number of piperidine rings is 1. The fourth-order valence-corrected chi connectivity index (χ4v) is 3.84. The van der Waals surface area contributed by atoms with Gasteiger partial charge in [0.25, 0.3) is 10.2 Å². The third kappa shape index (κ3) is 5.32. The first kappa shape index (κ1) is 17.3. The predicted octanol–water partition coefficient (Wildman–Crippen LogP) is -1.69. The maximum Gasteiger partial charge on any atom is 0.322 e. The number of nitrogens with one attached hydrogen (secondary N) is 2. The Labute approximate surface area is 118 Å². The van der Waals surface area contributed by atoms with Gasteiger partial charge in [-0.3, -0.25) is 4.79 Å². The highest BCUT2D eigenvalue weighted by atomic mass is 32.2. The second-order valence-electron chi connectivity index (χ2n) is 4.53. The molecule has 1 aliphatic rings. The SMILES string of the molecule is CS(=O)(=O)NCCNS(=O)(=O)N1CCCCC1C(=O)O. The first-order valence-corrected chi connectivity index (χ1v) is 9.40. The molecule has 0 saturated carbocycles. The first-order valence-electron chi connectivity index (χ1n) is 6.07. The number of nitrogens with zero attached hydrogens (tertiary/aromatic N) is 1. The van der Waals surface area contributed by atoms with Gasteiger partial charge in [-0.05, 0) is 19.3 Å². The lowest BCUT2D eigenvalue weighted by atomic mass is 10.1. The van der Waals surface area contributed by atoms with Crippen LogP contribution in [0.2, 0.25) is 0 Å². The molecule has 1 aliphatic heterocycles. The summed E-state index contributed by atoms with van der Waals surface area (Å²) in [5.41, 5.74) is 0. The molecule has 0 bridgehead atoms. The van der Waals surface area contributed by atoms with Crippen molar-refractivity contribution < 1.29 is 26.7 Å². The fourth-order valence-electron chi connectivity index (χ4n) is 1.94. The smallest absolute Gasteiger partial charge is 0.322 e. The number of carboxylic acid groups (broad SMARTS) is 1. The maximum atomic E-state index is 12.0. The Morgan fingerprint density at radius 2 is 1.80 bits per heavy atom. The number of sulfonamides is 1. The predicted molar refractivity (Wildman–Crippen MR) is 71.7 cm³/mol. The van der Waals surface area contributed by atoms with Gasteiger partial charge in [0, 0.05) is 19.6 Å². The van der Waals surface area contributed by atoms with E-state index >= 15 is 0 Å². The summed E-state index contributed by atoms with van der Waals surface area (Å²) in [6, 6.07) is -1.07. The van der Waals surface area contributed by atoms with Gasteiger partial charge in [0.2, 0.25) is 10.0 Å². The molecule has 1 heterocycles. The van der Waals surface area contributed by atoms with Crippen LogP contribution in [0.3, 0.4) is 0 Å². The van der Waals surface area contributed by atoms with Gasteiger partial charge >= 0.3 is 5.97 Å². The lowest BCUT2D eigenvalue weighted by Crippen LogP contribution is -2.52. The number of hydrogen-bond acceptors (Lipinski definition) is 5. The summed E-state index contributed by atoms with van der Waals surface area (Å²) in [5, 5.41) is 9.02. The van der Waals surface area contributed by atoms with E-state index in [0.717, 1.165) is 10.6 Å². The Kier molecular flexibility index (Phi) is 5.89. The Bertz CT molecular complexity index is 544. The lowest BCUT2D eigenvalue weighted by Gasteiger charge is -2.31. The number of hydrogen-bond donors (Lipinski definition) is 3. The van der Waals surface area contributed by atoms with Gasteiger partial charge in [-0.2, -0.15) is 12.7 Å². The number of carboxylic acids is 1. The Morgan fingerprint density at radius 1 is 1.20 bits per heavy atom. The molecule has 1 fully saturated rings. The molecule has 0 spiro atoms. The molecule has 1 unspecified atom stereocenters. The largest absolute Gasteiger partial charge is 0.480 e. The van der Waals surface area contributed by atoms with Crippen LogP contribution < -0.4 is 9.44 Å². The summed E-state index contributed by atoms with van der Waals surface area (Å²) in [6.07, 6.45) is 2.51. The quantitative estimate of drug-likeness (QED) is 0.477. The Hall–Kier alpha value is -0.750. The van der Waals surface area contributed by atoms with Gasteiger partial charge in [0.15, 0.2) is 0 Å². The summed E-state index contributed by atoms with van der Waals surface area (Å²) in [6.45, 7) is -0.0896. The van der Waals surface area contributed by atoms with E-state index in [-0.39, 0.29) is 26.1 Å². The molecule has 0 radical (unpaired) electrons. The molecule has 11 heteroatoms. The normalized spacial score (nSPS) is 21.8. The average molecular weight is 329 g/mol. The molecule has 0 aromatic heterocycles. The molecule has 1 saturated heterocycles. The zero-order chi connectivity index (χ0) is 15.4. The summed E-state index contributed by atoms with van der Waals surface area (Å²) in [7, 11) is -7.31. The maximum absolute atomic E-state index is 12.0. The summed E-state index contributed by atoms with van der Waals surface area (Å²) < 4.78 is 50.9. The van der Waals surface area contributed by atoms with E-state index in [1.54, 1.807) is 0 Å². The van der Waals surface area contributed by atoms with Crippen LogP contribution in [0.5, 0.6) is 0 Å². The van der Waals surface area contributed by atoms with Gasteiger partial charge in [0.1, 0.15) is 6.04 Å². The molecule has 3 N–H and O–H groups in total. The zero-order valence-electron chi connectivity index (χ0n) is 11.1. The van der Waals surface area contributed by atoms with E-state index in [4.69, 9.17) is 5.11 Å². The van der Waals surface area contributed by atoms with Gasteiger partial charge in [-0.25, -0.2) is 17.9 Å². The fraction of sp³-hybridized carbons (Fsp3) is 0.889. The van der Waals surface area contributed by atoms with Crippen molar-refractivity contribution in [1.82, 2.24) is 13.7 Å². The van der Waals surface area contributed by atoms with E-state index < -0.39 is 32.2 Å². The molecule has 20 heavy (non-hydrogen) atoms. The molecule has 0 aromatic rings. The van der Waals surface area contributed by atoms with Crippen molar-refractivity contribution in [3.8, 4) is 0 Å². The van der Waals surface area contributed by atoms with Crippen LogP contribution >= 0.6 is 0 Å². The van der Waals surface area contributed by atoms with Crippen LogP contribution in [-0.4, -0.2) is 64.1 Å². The van der Waals surface area contributed by atoms with Crippen molar-refractivity contribution in [3.05, 3.63) is 0 Å². The summed E-state index contributed by atoms with van der Waals surface area (Å²) >= 11 is 0. The monoisotopic (exact) mass is 329 g/mol. The first-order chi connectivity index (χ1) is 9.13. The Balaban J connectivity index is 2.60.